The quantitative estimate of drug-likeness (QED) is 0.665. The van der Waals surface area contributed by atoms with Gasteiger partial charge >= 0.3 is 0 Å². The van der Waals surface area contributed by atoms with E-state index in [1.54, 1.807) is 7.11 Å². The van der Waals surface area contributed by atoms with E-state index in [9.17, 15) is 4.79 Å². The molecule has 0 aliphatic heterocycles. The molecule has 0 unspecified atom stereocenters. The Bertz CT molecular complexity index is 918. The third-order valence-electron chi connectivity index (χ3n) is 4.17. The molecular weight excluding hydrogens is 382 g/mol. The summed E-state index contributed by atoms with van der Waals surface area (Å²) in [7, 11) is 1.63. The minimum atomic E-state index is -0.231. The Kier molecular flexibility index (Phi) is 5.08. The summed E-state index contributed by atoms with van der Waals surface area (Å²) in [4.78, 5) is 12.5. The molecule has 0 aliphatic rings. The summed E-state index contributed by atoms with van der Waals surface area (Å²) in [5.41, 5.74) is 2.22. The molecule has 0 saturated heterocycles. The van der Waals surface area contributed by atoms with Crippen LogP contribution in [0.2, 0.25) is 0 Å². The van der Waals surface area contributed by atoms with E-state index in [4.69, 9.17) is 4.74 Å². The molecule has 6 heteroatoms. The average molecular weight is 402 g/mol. The number of rotatable bonds is 5. The zero-order chi connectivity index (χ0) is 18.0. The van der Waals surface area contributed by atoms with Gasteiger partial charge < -0.3 is 10.1 Å². The predicted molar refractivity (Wildman–Crippen MR) is 102 cm³/mol. The van der Waals surface area contributed by atoms with Gasteiger partial charge in [0.2, 0.25) is 0 Å². The van der Waals surface area contributed by atoms with Crippen molar-refractivity contribution in [2.45, 2.75) is 26.3 Å². The normalized spacial score (nSPS) is 11.1. The molecule has 0 saturated carbocycles. The molecule has 2 N–H and O–H groups in total. The van der Waals surface area contributed by atoms with E-state index in [1.807, 2.05) is 50.2 Å². The molecule has 1 aromatic heterocycles. The predicted octanol–water partition coefficient (Wildman–Crippen LogP) is 4.39. The summed E-state index contributed by atoms with van der Waals surface area (Å²) in [5, 5.41) is 12.2. The van der Waals surface area contributed by atoms with Gasteiger partial charge in [-0.1, -0.05) is 44.2 Å². The Morgan fingerprint density at radius 2 is 2.04 bits per heavy atom. The number of aromatic amines is 1. The molecule has 5 nitrogen and oxygen atoms in total. The smallest absolute Gasteiger partial charge is 0.273 e. The molecule has 2 aromatic carbocycles. The number of nitrogens with one attached hydrogen (secondary N) is 2. The van der Waals surface area contributed by atoms with Crippen LogP contribution >= 0.6 is 15.9 Å². The van der Waals surface area contributed by atoms with Gasteiger partial charge in [-0.2, -0.15) is 5.10 Å². The monoisotopic (exact) mass is 401 g/mol. The molecule has 0 bridgehead atoms. The first kappa shape index (κ1) is 17.5. The number of hydrogen-bond acceptors (Lipinski definition) is 3. The Balaban J connectivity index is 1.86. The number of ether oxygens (including phenoxy) is 1. The Morgan fingerprint density at radius 1 is 1.28 bits per heavy atom. The van der Waals surface area contributed by atoms with Crippen LogP contribution in [0.3, 0.4) is 0 Å². The van der Waals surface area contributed by atoms with Crippen LogP contribution in [0.15, 0.2) is 40.9 Å². The van der Waals surface area contributed by atoms with Crippen molar-refractivity contribution in [1.82, 2.24) is 15.5 Å². The Labute approximate surface area is 154 Å². The molecule has 0 spiro atoms. The summed E-state index contributed by atoms with van der Waals surface area (Å²) >= 11 is 3.47. The molecule has 25 heavy (non-hydrogen) atoms. The molecule has 1 amide bonds. The van der Waals surface area contributed by atoms with Crippen LogP contribution < -0.4 is 10.1 Å². The van der Waals surface area contributed by atoms with Crippen molar-refractivity contribution < 1.29 is 9.53 Å². The zero-order valence-electron chi connectivity index (χ0n) is 14.4. The fourth-order valence-corrected chi connectivity index (χ4v) is 3.63. The standard InChI is InChI=1S/C19H20BrN3O2/c1-11(2)17-16(20)18(23-22-17)19(24)21-10-14-13-7-5-4-6-12(13)8-9-15(14)25-3/h4-9,11H,10H2,1-3H3,(H,21,24)(H,22,23). The maximum absolute atomic E-state index is 12.5. The first-order chi connectivity index (χ1) is 12.0. The highest BCUT2D eigenvalue weighted by Crippen LogP contribution is 2.28. The van der Waals surface area contributed by atoms with Gasteiger partial charge in [0.05, 0.1) is 17.3 Å². The Morgan fingerprint density at radius 3 is 2.72 bits per heavy atom. The van der Waals surface area contributed by atoms with Crippen molar-refractivity contribution in [2.75, 3.05) is 7.11 Å². The minimum absolute atomic E-state index is 0.231. The fourth-order valence-electron chi connectivity index (χ4n) is 2.82. The summed E-state index contributed by atoms with van der Waals surface area (Å²) in [6, 6.07) is 12.0. The van der Waals surface area contributed by atoms with Crippen molar-refractivity contribution in [3.63, 3.8) is 0 Å². The van der Waals surface area contributed by atoms with Crippen LogP contribution in [0, 0.1) is 0 Å². The van der Waals surface area contributed by atoms with Crippen LogP contribution in [0.25, 0.3) is 10.8 Å². The van der Waals surface area contributed by atoms with E-state index in [-0.39, 0.29) is 11.8 Å². The van der Waals surface area contributed by atoms with E-state index in [0.29, 0.717) is 16.7 Å². The Hall–Kier alpha value is -2.34. The highest BCUT2D eigenvalue weighted by Gasteiger charge is 2.19. The van der Waals surface area contributed by atoms with Gasteiger partial charge in [-0.25, -0.2) is 0 Å². The van der Waals surface area contributed by atoms with Gasteiger partial charge in [-0.15, -0.1) is 0 Å². The number of benzene rings is 2. The second-order valence-corrected chi connectivity index (χ2v) is 6.90. The first-order valence-electron chi connectivity index (χ1n) is 8.09. The van der Waals surface area contributed by atoms with Crippen LogP contribution in [-0.4, -0.2) is 23.2 Å². The molecule has 0 fully saturated rings. The number of aromatic nitrogens is 2. The van der Waals surface area contributed by atoms with Gasteiger partial charge in [0, 0.05) is 12.1 Å². The molecule has 130 valence electrons. The third-order valence-corrected chi connectivity index (χ3v) is 4.97. The van der Waals surface area contributed by atoms with Gasteiger partial charge in [0.15, 0.2) is 5.69 Å². The zero-order valence-corrected chi connectivity index (χ0v) is 16.0. The number of amides is 1. The van der Waals surface area contributed by atoms with Crippen LogP contribution in [0.4, 0.5) is 0 Å². The molecule has 1 heterocycles. The lowest BCUT2D eigenvalue weighted by Crippen LogP contribution is -2.24. The number of H-pyrrole nitrogens is 1. The highest BCUT2D eigenvalue weighted by atomic mass is 79.9. The lowest BCUT2D eigenvalue weighted by atomic mass is 10.0. The largest absolute Gasteiger partial charge is 0.496 e. The molecule has 0 aliphatic carbocycles. The van der Waals surface area contributed by atoms with Crippen molar-refractivity contribution in [2.24, 2.45) is 0 Å². The molecule has 3 rings (SSSR count). The van der Waals surface area contributed by atoms with E-state index in [0.717, 1.165) is 27.8 Å². The summed E-state index contributed by atoms with van der Waals surface area (Å²) < 4.78 is 6.18. The van der Waals surface area contributed by atoms with E-state index >= 15 is 0 Å². The molecule has 3 aromatic rings. The van der Waals surface area contributed by atoms with Crippen LogP contribution in [-0.2, 0) is 6.54 Å². The first-order valence-corrected chi connectivity index (χ1v) is 8.88. The summed E-state index contributed by atoms with van der Waals surface area (Å²) in [6.45, 7) is 4.45. The second-order valence-electron chi connectivity index (χ2n) is 6.10. The van der Waals surface area contributed by atoms with Crippen molar-refractivity contribution in [3.8, 4) is 5.75 Å². The number of halogens is 1. The van der Waals surface area contributed by atoms with Gasteiger partial charge in [-0.3, -0.25) is 9.89 Å². The van der Waals surface area contributed by atoms with Gasteiger partial charge in [0.25, 0.3) is 5.91 Å². The van der Waals surface area contributed by atoms with Crippen molar-refractivity contribution in [3.05, 3.63) is 57.8 Å². The minimum Gasteiger partial charge on any atom is -0.496 e. The third kappa shape index (κ3) is 3.39. The number of carbonyl (C=O) groups is 1. The lowest BCUT2D eigenvalue weighted by molar-refractivity contribution is 0.0945. The number of carbonyl (C=O) groups excluding carboxylic acids is 1. The van der Waals surface area contributed by atoms with Crippen LogP contribution in [0.1, 0.15) is 41.5 Å². The second kappa shape index (κ2) is 7.27. The number of hydrogen-bond donors (Lipinski definition) is 2. The summed E-state index contributed by atoms with van der Waals surface area (Å²) in [5.74, 6) is 0.773. The summed E-state index contributed by atoms with van der Waals surface area (Å²) in [6.07, 6.45) is 0. The van der Waals surface area contributed by atoms with E-state index < -0.39 is 0 Å². The van der Waals surface area contributed by atoms with Gasteiger partial charge in [0.1, 0.15) is 5.75 Å². The van der Waals surface area contributed by atoms with Crippen LogP contribution in [0.5, 0.6) is 5.75 Å². The highest BCUT2D eigenvalue weighted by molar-refractivity contribution is 9.10. The molecule has 0 radical (unpaired) electrons. The van der Waals surface area contributed by atoms with E-state index in [1.165, 1.54) is 0 Å². The SMILES string of the molecule is COc1ccc2ccccc2c1CNC(=O)c1n[nH]c(C(C)C)c1Br. The number of fused-ring (bicyclic) bond motifs is 1. The van der Waals surface area contributed by atoms with Gasteiger partial charge in [-0.05, 0) is 38.7 Å². The topological polar surface area (TPSA) is 67.0 Å². The fraction of sp³-hybridized carbons (Fsp3) is 0.263. The number of nitrogens with zero attached hydrogens (tertiary/aromatic N) is 1. The lowest BCUT2D eigenvalue weighted by Gasteiger charge is -2.13. The molecular formula is C19H20BrN3O2. The maximum atomic E-state index is 12.5. The van der Waals surface area contributed by atoms with Crippen molar-refractivity contribution >= 4 is 32.6 Å². The molecule has 0 atom stereocenters. The van der Waals surface area contributed by atoms with E-state index in [2.05, 4.69) is 31.4 Å². The average Bonchev–Trinajstić information content (AvgIpc) is 3.01. The maximum Gasteiger partial charge on any atom is 0.273 e. The van der Waals surface area contributed by atoms with Crippen molar-refractivity contribution in [1.29, 1.82) is 0 Å². The number of methoxy groups -OCH3 is 1.